The number of hydrogen-bond donors (Lipinski definition) is 2. The Balaban J connectivity index is 2.14. The number of carbonyl (C=O) groups excluding carboxylic acids is 1. The summed E-state index contributed by atoms with van der Waals surface area (Å²) in [7, 11) is 0. The summed E-state index contributed by atoms with van der Waals surface area (Å²) in [6, 6.07) is 5.27. The van der Waals surface area contributed by atoms with E-state index in [0.717, 1.165) is 23.9 Å². The van der Waals surface area contributed by atoms with Crippen LogP contribution < -0.4 is 11.1 Å². The molecule has 1 saturated heterocycles. The van der Waals surface area contributed by atoms with E-state index in [1.807, 2.05) is 13.0 Å². The maximum Gasteiger partial charge on any atom is 0.253 e. The highest BCUT2D eigenvalue weighted by atomic mass is 79.9. The molecule has 0 aliphatic carbocycles. The molecule has 1 heterocycles. The number of amides is 1. The predicted octanol–water partition coefficient (Wildman–Crippen LogP) is 2.33. The van der Waals surface area contributed by atoms with Crippen LogP contribution in [0, 0.1) is 0 Å². The van der Waals surface area contributed by atoms with Gasteiger partial charge in [0.2, 0.25) is 0 Å². The normalized spacial score (nSPS) is 23.7. The third-order valence-corrected chi connectivity index (χ3v) is 3.61. The highest BCUT2D eigenvalue weighted by molar-refractivity contribution is 9.10. The zero-order valence-corrected chi connectivity index (χ0v) is 11.9. The van der Waals surface area contributed by atoms with Crippen LogP contribution in [0.3, 0.4) is 0 Å². The zero-order valence-electron chi connectivity index (χ0n) is 10.3. The molecule has 1 atom stereocenters. The number of halogens is 1. The molecule has 3 N–H and O–H groups in total. The van der Waals surface area contributed by atoms with E-state index in [1.54, 1.807) is 12.1 Å². The molecule has 98 valence electrons. The second-order valence-electron chi connectivity index (χ2n) is 4.90. The van der Waals surface area contributed by atoms with Gasteiger partial charge in [0, 0.05) is 16.8 Å². The van der Waals surface area contributed by atoms with Crippen LogP contribution in [0.2, 0.25) is 0 Å². The van der Waals surface area contributed by atoms with Gasteiger partial charge in [-0.3, -0.25) is 4.79 Å². The smallest absolute Gasteiger partial charge is 0.253 e. The van der Waals surface area contributed by atoms with E-state index < -0.39 is 0 Å². The van der Waals surface area contributed by atoms with E-state index in [0.29, 0.717) is 17.9 Å². The van der Waals surface area contributed by atoms with Crippen LogP contribution >= 0.6 is 15.9 Å². The second kappa shape index (κ2) is 5.28. The highest BCUT2D eigenvalue weighted by Gasteiger charge is 2.30. The third kappa shape index (κ3) is 3.03. The van der Waals surface area contributed by atoms with Gasteiger partial charge >= 0.3 is 0 Å². The number of anilines is 1. The predicted molar refractivity (Wildman–Crippen MR) is 74.5 cm³/mol. The van der Waals surface area contributed by atoms with Gasteiger partial charge in [-0.05, 0) is 38.0 Å². The van der Waals surface area contributed by atoms with Gasteiger partial charge in [-0.1, -0.05) is 15.9 Å². The Bertz CT molecular complexity index is 456. The Morgan fingerprint density at radius 1 is 1.56 bits per heavy atom. The molecule has 18 heavy (non-hydrogen) atoms. The van der Waals surface area contributed by atoms with E-state index in [-0.39, 0.29) is 11.4 Å². The molecular formula is C13H17BrN2O2. The van der Waals surface area contributed by atoms with Crippen molar-refractivity contribution in [1.82, 2.24) is 5.32 Å². The molecule has 1 aliphatic rings. The van der Waals surface area contributed by atoms with Crippen LogP contribution in [0.15, 0.2) is 22.7 Å². The van der Waals surface area contributed by atoms with Gasteiger partial charge in [0.05, 0.1) is 17.7 Å². The summed E-state index contributed by atoms with van der Waals surface area (Å²) in [5, 5.41) is 3.01. The van der Waals surface area contributed by atoms with Crippen molar-refractivity contribution in [2.24, 2.45) is 0 Å². The van der Waals surface area contributed by atoms with Gasteiger partial charge in [-0.2, -0.15) is 0 Å². The van der Waals surface area contributed by atoms with Gasteiger partial charge in [0.15, 0.2) is 0 Å². The maximum absolute atomic E-state index is 12.2. The van der Waals surface area contributed by atoms with Gasteiger partial charge in [0.1, 0.15) is 0 Å². The average molecular weight is 313 g/mol. The number of carbonyl (C=O) groups is 1. The number of rotatable bonds is 2. The first-order chi connectivity index (χ1) is 8.50. The zero-order chi connectivity index (χ0) is 13.2. The first-order valence-electron chi connectivity index (χ1n) is 5.95. The average Bonchev–Trinajstić information content (AvgIpc) is 2.32. The number of ether oxygens (including phenoxy) is 1. The molecule has 5 heteroatoms. The number of nitrogen functional groups attached to an aromatic ring is 1. The minimum absolute atomic E-state index is 0.151. The molecule has 2 rings (SSSR count). The van der Waals surface area contributed by atoms with E-state index >= 15 is 0 Å². The topological polar surface area (TPSA) is 64.4 Å². The molecule has 0 radical (unpaired) electrons. The van der Waals surface area contributed by atoms with Gasteiger partial charge in [-0.25, -0.2) is 0 Å². The third-order valence-electron chi connectivity index (χ3n) is 3.11. The molecule has 1 aliphatic heterocycles. The fraction of sp³-hybridized carbons (Fsp3) is 0.462. The van der Waals surface area contributed by atoms with Crippen LogP contribution in [0.5, 0.6) is 0 Å². The second-order valence-corrected chi connectivity index (χ2v) is 5.82. The Morgan fingerprint density at radius 3 is 3.00 bits per heavy atom. The van der Waals surface area contributed by atoms with E-state index in [4.69, 9.17) is 10.5 Å². The summed E-state index contributed by atoms with van der Waals surface area (Å²) in [5.41, 5.74) is 6.50. The molecule has 0 saturated carbocycles. The van der Waals surface area contributed by atoms with E-state index in [1.165, 1.54) is 0 Å². The fourth-order valence-corrected chi connectivity index (χ4v) is 2.46. The molecule has 0 aromatic heterocycles. The minimum atomic E-state index is -0.301. The molecule has 0 spiro atoms. The summed E-state index contributed by atoms with van der Waals surface area (Å²) in [4.78, 5) is 12.2. The summed E-state index contributed by atoms with van der Waals surface area (Å²) in [5.74, 6) is -0.151. The van der Waals surface area contributed by atoms with Gasteiger partial charge < -0.3 is 15.8 Å². The molecule has 1 unspecified atom stereocenters. The van der Waals surface area contributed by atoms with Crippen molar-refractivity contribution in [1.29, 1.82) is 0 Å². The largest absolute Gasteiger partial charge is 0.398 e. The van der Waals surface area contributed by atoms with E-state index in [2.05, 4.69) is 21.2 Å². The number of nitrogens with one attached hydrogen (secondary N) is 1. The van der Waals surface area contributed by atoms with Crippen LogP contribution in [0.1, 0.15) is 30.1 Å². The molecule has 1 aromatic rings. The Kier molecular flexibility index (Phi) is 3.92. The lowest BCUT2D eigenvalue weighted by atomic mass is 9.94. The summed E-state index contributed by atoms with van der Waals surface area (Å²) in [6.07, 6.45) is 1.89. The molecule has 0 bridgehead atoms. The Morgan fingerprint density at radius 2 is 2.33 bits per heavy atom. The van der Waals surface area contributed by atoms with Crippen LogP contribution in [0.25, 0.3) is 0 Å². The van der Waals surface area contributed by atoms with E-state index in [9.17, 15) is 4.79 Å². The lowest BCUT2D eigenvalue weighted by Crippen LogP contribution is -2.51. The Hall–Kier alpha value is -1.07. The Labute approximate surface area is 115 Å². The SMILES string of the molecule is CC1(NC(=O)c2cc(Br)ccc2N)CCCOC1. The summed E-state index contributed by atoms with van der Waals surface area (Å²) < 4.78 is 6.26. The molecule has 4 nitrogen and oxygen atoms in total. The molecule has 1 fully saturated rings. The van der Waals surface area contributed by atoms with Crippen LogP contribution in [-0.2, 0) is 4.74 Å². The molecular weight excluding hydrogens is 296 g/mol. The molecule has 1 amide bonds. The van der Waals surface area contributed by atoms with Crippen molar-refractivity contribution in [2.75, 3.05) is 18.9 Å². The van der Waals surface area contributed by atoms with Crippen molar-refractivity contribution in [3.05, 3.63) is 28.2 Å². The van der Waals surface area contributed by atoms with Crippen molar-refractivity contribution in [2.45, 2.75) is 25.3 Å². The summed E-state index contributed by atoms with van der Waals surface area (Å²) in [6.45, 7) is 3.31. The quantitative estimate of drug-likeness (QED) is 0.824. The number of nitrogens with two attached hydrogens (primary N) is 1. The monoisotopic (exact) mass is 312 g/mol. The number of benzene rings is 1. The van der Waals surface area contributed by atoms with Crippen LogP contribution in [-0.4, -0.2) is 24.7 Å². The molecule has 1 aromatic carbocycles. The fourth-order valence-electron chi connectivity index (χ4n) is 2.10. The van der Waals surface area contributed by atoms with Crippen molar-refractivity contribution >= 4 is 27.5 Å². The standard InChI is InChI=1S/C13H17BrN2O2/c1-13(5-2-6-18-8-13)16-12(17)10-7-9(14)3-4-11(10)15/h3-4,7H,2,5-6,8,15H2,1H3,(H,16,17). The minimum Gasteiger partial charge on any atom is -0.398 e. The lowest BCUT2D eigenvalue weighted by molar-refractivity contribution is 0.0273. The van der Waals surface area contributed by atoms with Gasteiger partial charge in [0.25, 0.3) is 5.91 Å². The lowest BCUT2D eigenvalue weighted by Gasteiger charge is -2.34. The van der Waals surface area contributed by atoms with Crippen LogP contribution in [0.4, 0.5) is 5.69 Å². The first kappa shape index (κ1) is 13.4. The maximum atomic E-state index is 12.2. The summed E-state index contributed by atoms with van der Waals surface area (Å²) >= 11 is 3.34. The van der Waals surface area contributed by atoms with Crippen molar-refractivity contribution < 1.29 is 9.53 Å². The van der Waals surface area contributed by atoms with Crippen molar-refractivity contribution in [3.8, 4) is 0 Å². The first-order valence-corrected chi connectivity index (χ1v) is 6.75. The van der Waals surface area contributed by atoms with Crippen molar-refractivity contribution in [3.63, 3.8) is 0 Å². The highest BCUT2D eigenvalue weighted by Crippen LogP contribution is 2.22. The number of hydrogen-bond acceptors (Lipinski definition) is 3. The van der Waals surface area contributed by atoms with Gasteiger partial charge in [-0.15, -0.1) is 0 Å².